The largest absolute Gasteiger partial charge is 0.497 e. The minimum Gasteiger partial charge on any atom is -0.497 e. The van der Waals surface area contributed by atoms with Crippen LogP contribution >= 0.6 is 0 Å². The third-order valence-corrected chi connectivity index (χ3v) is 5.18. The topological polar surface area (TPSA) is 114 Å². The fourth-order valence-corrected chi connectivity index (χ4v) is 3.26. The number of carbonyl (C=O) groups is 4. The third kappa shape index (κ3) is 7.42. The monoisotopic (exact) mass is 489 g/mol. The van der Waals surface area contributed by atoms with E-state index in [0.29, 0.717) is 22.6 Å². The Bertz CT molecular complexity index is 1200. The third-order valence-electron chi connectivity index (χ3n) is 5.18. The van der Waals surface area contributed by atoms with Crippen molar-refractivity contribution >= 4 is 29.4 Å². The van der Waals surface area contributed by atoms with Crippen LogP contribution in [0.2, 0.25) is 0 Å². The molecule has 3 aromatic rings. The van der Waals surface area contributed by atoms with Crippen LogP contribution in [-0.2, 0) is 19.1 Å². The summed E-state index contributed by atoms with van der Waals surface area (Å²) in [7, 11) is 2.94. The Hall–Kier alpha value is -4.66. The van der Waals surface area contributed by atoms with Crippen molar-refractivity contribution in [1.82, 2.24) is 10.2 Å². The maximum Gasteiger partial charge on any atom is 0.333 e. The number of likely N-dealkylation sites (N-methyl/N-ethyl adjacent to an activating group) is 1. The van der Waals surface area contributed by atoms with Crippen molar-refractivity contribution in [3.63, 3.8) is 0 Å². The molecule has 0 fully saturated rings. The van der Waals surface area contributed by atoms with Crippen LogP contribution in [-0.4, -0.2) is 55.9 Å². The predicted molar refractivity (Wildman–Crippen MR) is 133 cm³/mol. The molecule has 1 unspecified atom stereocenters. The lowest BCUT2D eigenvalue weighted by atomic mass is 10.1. The van der Waals surface area contributed by atoms with Crippen LogP contribution in [0.15, 0.2) is 84.9 Å². The molecule has 3 aromatic carbocycles. The van der Waals surface area contributed by atoms with Gasteiger partial charge >= 0.3 is 5.97 Å². The van der Waals surface area contributed by atoms with Gasteiger partial charge in [-0.2, -0.15) is 0 Å². The van der Waals surface area contributed by atoms with Gasteiger partial charge in [0.25, 0.3) is 11.8 Å². The van der Waals surface area contributed by atoms with Gasteiger partial charge in [-0.15, -0.1) is 0 Å². The molecule has 9 nitrogen and oxygen atoms in total. The standard InChI is InChI=1S/C27H27N3O6/c1-30(17-23(31)28-21-14-9-15-22(16-21)35-2)24(32)18-36-27(34)25(19-10-5-3-6-11-19)29-26(33)20-12-7-4-8-13-20/h3-16,25H,17-18H2,1-2H3,(H,28,31)(H,29,33). The lowest BCUT2D eigenvalue weighted by Gasteiger charge is -2.20. The Morgan fingerprint density at radius 2 is 1.56 bits per heavy atom. The van der Waals surface area contributed by atoms with Crippen molar-refractivity contribution in [3.8, 4) is 5.75 Å². The van der Waals surface area contributed by atoms with Gasteiger partial charge in [-0.25, -0.2) is 4.79 Å². The Morgan fingerprint density at radius 1 is 0.889 bits per heavy atom. The molecule has 3 rings (SSSR count). The van der Waals surface area contributed by atoms with Gasteiger partial charge in [0, 0.05) is 24.4 Å². The van der Waals surface area contributed by atoms with Gasteiger partial charge in [0.2, 0.25) is 5.91 Å². The fraction of sp³-hybridized carbons (Fsp3) is 0.185. The molecule has 1 atom stereocenters. The molecule has 0 bridgehead atoms. The second-order valence-corrected chi connectivity index (χ2v) is 7.82. The van der Waals surface area contributed by atoms with Crippen molar-refractivity contribution in [2.75, 3.05) is 32.6 Å². The molecule has 186 valence electrons. The van der Waals surface area contributed by atoms with Gasteiger partial charge < -0.3 is 25.0 Å². The molecule has 0 radical (unpaired) electrons. The highest BCUT2D eigenvalue weighted by Crippen LogP contribution is 2.17. The van der Waals surface area contributed by atoms with Crippen LogP contribution in [0.5, 0.6) is 5.75 Å². The number of hydrogen-bond acceptors (Lipinski definition) is 6. The van der Waals surface area contributed by atoms with Crippen molar-refractivity contribution < 1.29 is 28.7 Å². The number of benzene rings is 3. The maximum atomic E-state index is 12.9. The lowest BCUT2D eigenvalue weighted by Crippen LogP contribution is -2.39. The molecule has 0 aliphatic rings. The molecule has 0 saturated heterocycles. The summed E-state index contributed by atoms with van der Waals surface area (Å²) in [5, 5.41) is 5.33. The first kappa shape index (κ1) is 26.0. The first-order valence-corrected chi connectivity index (χ1v) is 11.1. The highest BCUT2D eigenvalue weighted by Gasteiger charge is 2.26. The van der Waals surface area contributed by atoms with Crippen LogP contribution < -0.4 is 15.4 Å². The summed E-state index contributed by atoms with van der Waals surface area (Å²) in [6.07, 6.45) is 0. The number of ether oxygens (including phenoxy) is 2. The first-order valence-electron chi connectivity index (χ1n) is 11.1. The SMILES string of the molecule is COc1cccc(NC(=O)CN(C)C(=O)COC(=O)C(NC(=O)c2ccccc2)c2ccccc2)c1. The van der Waals surface area contributed by atoms with Crippen molar-refractivity contribution in [2.45, 2.75) is 6.04 Å². The molecule has 0 saturated carbocycles. The quantitative estimate of drug-likeness (QED) is 0.424. The molecular weight excluding hydrogens is 462 g/mol. The molecule has 3 amide bonds. The summed E-state index contributed by atoms with van der Waals surface area (Å²) >= 11 is 0. The maximum absolute atomic E-state index is 12.9. The number of nitrogens with zero attached hydrogens (tertiary/aromatic N) is 1. The second kappa shape index (κ2) is 12.7. The smallest absolute Gasteiger partial charge is 0.333 e. The average Bonchev–Trinajstić information content (AvgIpc) is 2.90. The molecule has 2 N–H and O–H groups in total. The van der Waals surface area contributed by atoms with Gasteiger partial charge in [0.1, 0.15) is 5.75 Å². The Labute approximate surface area is 209 Å². The van der Waals surface area contributed by atoms with Crippen molar-refractivity contribution in [1.29, 1.82) is 0 Å². The molecule has 0 spiro atoms. The zero-order valence-corrected chi connectivity index (χ0v) is 20.0. The van der Waals surface area contributed by atoms with E-state index < -0.39 is 36.3 Å². The number of carbonyl (C=O) groups excluding carboxylic acids is 4. The minimum absolute atomic E-state index is 0.250. The number of rotatable bonds is 10. The van der Waals surface area contributed by atoms with Gasteiger partial charge in [-0.1, -0.05) is 54.6 Å². The Morgan fingerprint density at radius 3 is 2.22 bits per heavy atom. The number of amides is 3. The summed E-state index contributed by atoms with van der Waals surface area (Å²) in [6, 6.07) is 22.7. The Kier molecular flexibility index (Phi) is 9.16. The summed E-state index contributed by atoms with van der Waals surface area (Å²) < 4.78 is 10.3. The first-order chi connectivity index (χ1) is 17.4. The van der Waals surface area contributed by atoms with Crippen LogP contribution in [0.25, 0.3) is 0 Å². The molecule has 0 aromatic heterocycles. The van der Waals surface area contributed by atoms with Crippen LogP contribution in [0.3, 0.4) is 0 Å². The van der Waals surface area contributed by atoms with Crippen LogP contribution in [0, 0.1) is 0 Å². The van der Waals surface area contributed by atoms with E-state index in [-0.39, 0.29) is 6.54 Å². The fourth-order valence-electron chi connectivity index (χ4n) is 3.26. The number of anilines is 1. The van der Waals surface area contributed by atoms with Crippen molar-refractivity contribution in [3.05, 3.63) is 96.1 Å². The van der Waals surface area contributed by atoms with E-state index >= 15 is 0 Å². The highest BCUT2D eigenvalue weighted by molar-refractivity contribution is 5.97. The summed E-state index contributed by atoms with van der Waals surface area (Å²) in [4.78, 5) is 51.5. The zero-order valence-electron chi connectivity index (χ0n) is 20.0. The molecule has 0 aliphatic carbocycles. The van der Waals surface area contributed by atoms with Crippen LogP contribution in [0.4, 0.5) is 5.69 Å². The van der Waals surface area contributed by atoms with E-state index in [2.05, 4.69) is 10.6 Å². The lowest BCUT2D eigenvalue weighted by molar-refractivity contribution is -0.153. The number of esters is 1. The number of nitrogens with one attached hydrogen (secondary N) is 2. The van der Waals surface area contributed by atoms with Crippen LogP contribution in [0.1, 0.15) is 22.0 Å². The van der Waals surface area contributed by atoms with Gasteiger partial charge in [0.05, 0.1) is 13.7 Å². The zero-order chi connectivity index (χ0) is 25.9. The molecule has 9 heteroatoms. The molecule has 0 aliphatic heterocycles. The minimum atomic E-state index is -1.12. The molecule has 36 heavy (non-hydrogen) atoms. The summed E-state index contributed by atoms with van der Waals surface area (Å²) in [6.45, 7) is -0.841. The van der Waals surface area contributed by atoms with E-state index in [1.807, 2.05) is 0 Å². The Balaban J connectivity index is 1.57. The summed E-state index contributed by atoms with van der Waals surface area (Å²) in [5.41, 5.74) is 1.40. The van der Waals surface area contributed by atoms with E-state index in [4.69, 9.17) is 9.47 Å². The number of hydrogen-bond donors (Lipinski definition) is 2. The van der Waals surface area contributed by atoms with E-state index in [1.54, 1.807) is 84.9 Å². The normalized spacial score (nSPS) is 11.1. The predicted octanol–water partition coefficient (Wildman–Crippen LogP) is 2.81. The molecular formula is C27H27N3O6. The highest BCUT2D eigenvalue weighted by atomic mass is 16.5. The van der Waals surface area contributed by atoms with Gasteiger partial charge in [0.15, 0.2) is 12.6 Å². The second-order valence-electron chi connectivity index (χ2n) is 7.82. The van der Waals surface area contributed by atoms with Gasteiger partial charge in [-0.05, 0) is 29.8 Å². The van der Waals surface area contributed by atoms with E-state index in [9.17, 15) is 19.2 Å². The van der Waals surface area contributed by atoms with Crippen molar-refractivity contribution in [2.24, 2.45) is 0 Å². The summed E-state index contributed by atoms with van der Waals surface area (Å²) in [5.74, 6) is -1.68. The van der Waals surface area contributed by atoms with E-state index in [0.717, 1.165) is 4.90 Å². The number of methoxy groups -OCH3 is 1. The average molecular weight is 490 g/mol. The van der Waals surface area contributed by atoms with E-state index in [1.165, 1.54) is 14.2 Å². The van der Waals surface area contributed by atoms with Gasteiger partial charge in [-0.3, -0.25) is 14.4 Å². The molecule has 0 heterocycles.